The van der Waals surface area contributed by atoms with Gasteiger partial charge in [-0.25, -0.2) is 14.3 Å². The third-order valence-corrected chi connectivity index (χ3v) is 4.14. The second-order valence-corrected chi connectivity index (χ2v) is 6.42. The Bertz CT molecular complexity index is 778. The number of fused-ring (bicyclic) bond motifs is 1. The Morgan fingerprint density at radius 1 is 1.31 bits per heavy atom. The Balaban J connectivity index is 1.69. The van der Waals surface area contributed by atoms with Crippen LogP contribution in [0.2, 0.25) is 0 Å². The highest BCUT2D eigenvalue weighted by Gasteiger charge is 2.23. The average Bonchev–Trinajstić information content (AvgIpc) is 3.04. The average molecular weight is 359 g/mol. The minimum Gasteiger partial charge on any atom is -0.447 e. The molecule has 3 heterocycles. The van der Waals surface area contributed by atoms with E-state index in [1.54, 1.807) is 22.7 Å². The van der Waals surface area contributed by atoms with Gasteiger partial charge in [0.1, 0.15) is 5.82 Å². The lowest BCUT2D eigenvalue weighted by Crippen LogP contribution is -2.49. The number of methoxy groups -OCH3 is 1. The topological polar surface area (TPSA) is 72.2 Å². The number of hydrogen-bond acceptors (Lipinski definition) is 6. The molecule has 8 heteroatoms. The Labute approximate surface area is 153 Å². The van der Waals surface area contributed by atoms with Gasteiger partial charge in [0.15, 0.2) is 5.65 Å². The van der Waals surface area contributed by atoms with Gasteiger partial charge in [0.25, 0.3) is 0 Å². The zero-order valence-electron chi connectivity index (χ0n) is 15.5. The van der Waals surface area contributed by atoms with Crippen molar-refractivity contribution in [1.82, 2.24) is 19.5 Å². The van der Waals surface area contributed by atoms with Crippen molar-refractivity contribution in [3.05, 3.63) is 30.1 Å². The van der Waals surface area contributed by atoms with E-state index < -0.39 is 0 Å². The maximum atomic E-state index is 12.0. The molecule has 0 aliphatic carbocycles. The third kappa shape index (κ3) is 4.13. The van der Waals surface area contributed by atoms with Gasteiger partial charge in [-0.1, -0.05) is 12.2 Å². The lowest BCUT2D eigenvalue weighted by Gasteiger charge is -2.35. The van der Waals surface area contributed by atoms with E-state index in [9.17, 15) is 4.79 Å². The second-order valence-electron chi connectivity index (χ2n) is 6.42. The summed E-state index contributed by atoms with van der Waals surface area (Å²) in [5, 5.41) is 4.32. The van der Waals surface area contributed by atoms with E-state index >= 15 is 0 Å². The van der Waals surface area contributed by atoms with E-state index in [0.717, 1.165) is 30.1 Å². The van der Waals surface area contributed by atoms with Gasteiger partial charge in [-0.3, -0.25) is 0 Å². The lowest BCUT2D eigenvalue weighted by molar-refractivity contribution is 0.0751. The predicted octanol–water partition coefficient (Wildman–Crippen LogP) is 2.06. The summed E-state index contributed by atoms with van der Waals surface area (Å²) in [6.45, 7) is 6.95. The number of amides is 1. The Morgan fingerprint density at radius 3 is 2.77 bits per heavy atom. The second kappa shape index (κ2) is 8.18. The Kier molecular flexibility index (Phi) is 5.72. The summed E-state index contributed by atoms with van der Waals surface area (Å²) in [5.41, 5.74) is 1.75. The molecule has 0 saturated carbocycles. The number of anilines is 1. The number of nitrogens with zero attached hydrogens (tertiary/aromatic N) is 5. The highest BCUT2D eigenvalue weighted by molar-refractivity contribution is 5.69. The van der Waals surface area contributed by atoms with Crippen molar-refractivity contribution < 1.29 is 14.3 Å². The van der Waals surface area contributed by atoms with E-state index in [1.807, 2.05) is 38.3 Å². The van der Waals surface area contributed by atoms with E-state index in [4.69, 9.17) is 14.5 Å². The molecule has 140 valence electrons. The maximum Gasteiger partial charge on any atom is 0.410 e. The summed E-state index contributed by atoms with van der Waals surface area (Å²) in [6, 6.07) is 1.95. The molecule has 3 rings (SSSR count). The van der Waals surface area contributed by atoms with Crippen LogP contribution in [-0.4, -0.2) is 71.6 Å². The smallest absolute Gasteiger partial charge is 0.410 e. The fraction of sp³-hybridized carbons (Fsp3) is 0.500. The molecule has 26 heavy (non-hydrogen) atoms. The van der Waals surface area contributed by atoms with Gasteiger partial charge >= 0.3 is 6.09 Å². The van der Waals surface area contributed by atoms with Gasteiger partial charge in [0, 0.05) is 45.0 Å². The number of aromatic nitrogens is 3. The van der Waals surface area contributed by atoms with Crippen molar-refractivity contribution in [3.8, 4) is 0 Å². The summed E-state index contributed by atoms with van der Waals surface area (Å²) < 4.78 is 12.1. The van der Waals surface area contributed by atoms with Crippen LogP contribution in [0.5, 0.6) is 0 Å². The first-order valence-corrected chi connectivity index (χ1v) is 8.79. The third-order valence-electron chi connectivity index (χ3n) is 4.14. The minimum atomic E-state index is -0.246. The van der Waals surface area contributed by atoms with Crippen LogP contribution >= 0.6 is 0 Å². The molecule has 1 aliphatic rings. The summed E-state index contributed by atoms with van der Waals surface area (Å²) in [7, 11) is 1.66. The van der Waals surface area contributed by atoms with Gasteiger partial charge in [0.05, 0.1) is 18.9 Å². The van der Waals surface area contributed by atoms with E-state index in [0.29, 0.717) is 19.7 Å². The number of hydrogen-bond donors (Lipinski definition) is 0. The molecule has 8 nitrogen and oxygen atoms in total. The first-order valence-electron chi connectivity index (χ1n) is 8.79. The molecule has 1 saturated heterocycles. The highest BCUT2D eigenvalue weighted by atomic mass is 16.6. The van der Waals surface area contributed by atoms with Crippen LogP contribution in [-0.2, 0) is 9.47 Å². The van der Waals surface area contributed by atoms with E-state index in [2.05, 4.69) is 10.00 Å². The van der Waals surface area contributed by atoms with Gasteiger partial charge in [0.2, 0.25) is 0 Å². The van der Waals surface area contributed by atoms with Crippen LogP contribution in [0, 0.1) is 0 Å². The summed E-state index contributed by atoms with van der Waals surface area (Å²) in [4.78, 5) is 20.7. The van der Waals surface area contributed by atoms with Gasteiger partial charge in [-0.05, 0) is 19.9 Å². The summed E-state index contributed by atoms with van der Waals surface area (Å²) in [6.07, 6.45) is 7.25. The summed E-state index contributed by atoms with van der Waals surface area (Å²) in [5.74, 6) is 0.885. The molecular weight excluding hydrogens is 334 g/mol. The molecule has 1 amide bonds. The predicted molar refractivity (Wildman–Crippen MR) is 99.3 cm³/mol. The van der Waals surface area contributed by atoms with Crippen molar-refractivity contribution >= 4 is 23.6 Å². The fourth-order valence-electron chi connectivity index (χ4n) is 2.84. The normalized spacial score (nSPS) is 15.4. The van der Waals surface area contributed by atoms with Crippen LogP contribution in [0.3, 0.4) is 0 Å². The molecule has 0 bridgehead atoms. The van der Waals surface area contributed by atoms with Crippen LogP contribution in [0.25, 0.3) is 11.7 Å². The van der Waals surface area contributed by atoms with Crippen molar-refractivity contribution in [3.63, 3.8) is 0 Å². The number of piperazine rings is 1. The SMILES string of the molecule is COC/C=C/c1cnn2ccc(N3CCN(C(=O)OC(C)C)CC3)nc12. The Morgan fingerprint density at radius 2 is 2.08 bits per heavy atom. The molecule has 0 aromatic carbocycles. The Hall–Kier alpha value is -2.61. The molecule has 0 atom stereocenters. The van der Waals surface area contributed by atoms with Crippen molar-refractivity contribution in [1.29, 1.82) is 0 Å². The zero-order valence-corrected chi connectivity index (χ0v) is 15.5. The fourth-order valence-corrected chi connectivity index (χ4v) is 2.84. The molecule has 0 spiro atoms. The maximum absolute atomic E-state index is 12.0. The molecule has 0 radical (unpaired) electrons. The summed E-state index contributed by atoms with van der Waals surface area (Å²) >= 11 is 0. The van der Waals surface area contributed by atoms with Gasteiger partial charge in [-0.2, -0.15) is 5.10 Å². The number of ether oxygens (including phenoxy) is 2. The van der Waals surface area contributed by atoms with Crippen LogP contribution < -0.4 is 4.90 Å². The molecule has 2 aromatic heterocycles. The standard InChI is InChI=1S/C18H25N5O3/c1-14(2)26-18(24)22-10-8-21(9-11-22)16-6-7-23-17(20-16)15(13-19-23)5-4-12-25-3/h4-7,13-14H,8-12H2,1-3H3/b5-4+. The highest BCUT2D eigenvalue weighted by Crippen LogP contribution is 2.18. The first kappa shape index (κ1) is 18.2. The van der Waals surface area contributed by atoms with Crippen LogP contribution in [0.15, 0.2) is 24.5 Å². The molecule has 2 aromatic rings. The number of carbonyl (C=O) groups is 1. The van der Waals surface area contributed by atoms with Gasteiger partial charge in [-0.15, -0.1) is 0 Å². The monoisotopic (exact) mass is 359 g/mol. The number of carbonyl (C=O) groups excluding carboxylic acids is 1. The molecule has 1 aliphatic heterocycles. The molecule has 1 fully saturated rings. The molecular formula is C18H25N5O3. The zero-order chi connectivity index (χ0) is 18.5. The van der Waals surface area contributed by atoms with Crippen LogP contribution in [0.1, 0.15) is 19.4 Å². The van der Waals surface area contributed by atoms with Gasteiger partial charge < -0.3 is 19.3 Å². The minimum absolute atomic E-state index is 0.101. The largest absolute Gasteiger partial charge is 0.447 e. The van der Waals surface area contributed by atoms with Crippen molar-refractivity contribution in [2.75, 3.05) is 44.8 Å². The van der Waals surface area contributed by atoms with Crippen molar-refractivity contribution in [2.24, 2.45) is 0 Å². The first-order chi connectivity index (χ1) is 12.6. The van der Waals surface area contributed by atoms with Crippen LogP contribution in [0.4, 0.5) is 10.6 Å². The van der Waals surface area contributed by atoms with Crippen molar-refractivity contribution in [2.45, 2.75) is 20.0 Å². The quantitative estimate of drug-likeness (QED) is 0.814. The molecule has 0 N–H and O–H groups in total. The lowest BCUT2D eigenvalue weighted by atomic mass is 10.3. The van der Waals surface area contributed by atoms with E-state index in [-0.39, 0.29) is 12.2 Å². The van der Waals surface area contributed by atoms with E-state index in [1.165, 1.54) is 0 Å². The molecule has 0 unspecified atom stereocenters. The number of rotatable bonds is 5.